The van der Waals surface area contributed by atoms with Crippen LogP contribution in [0.3, 0.4) is 0 Å². The summed E-state index contributed by atoms with van der Waals surface area (Å²) >= 11 is 10.7. The second-order valence-electron chi connectivity index (χ2n) is 4.60. The van der Waals surface area contributed by atoms with E-state index in [-0.39, 0.29) is 0 Å². The number of nitrogens with two attached hydrogens (primary N) is 1. The first kappa shape index (κ1) is 15.6. The third-order valence-corrected chi connectivity index (χ3v) is 6.60. The summed E-state index contributed by atoms with van der Waals surface area (Å²) < 4.78 is 4.89. The summed E-state index contributed by atoms with van der Waals surface area (Å²) in [6.07, 6.45) is 0.912. The zero-order valence-electron chi connectivity index (χ0n) is 11.1. The number of fused-ring (bicyclic) bond motifs is 1. The molecule has 0 saturated heterocycles. The largest absolute Gasteiger partial charge is 0.330 e. The van der Waals surface area contributed by atoms with Crippen molar-refractivity contribution in [1.82, 2.24) is 0 Å². The van der Waals surface area contributed by atoms with Crippen molar-refractivity contribution < 1.29 is 0 Å². The molecule has 0 spiro atoms. The first-order chi connectivity index (χ1) is 10.2. The van der Waals surface area contributed by atoms with E-state index in [1.165, 1.54) is 24.8 Å². The summed E-state index contributed by atoms with van der Waals surface area (Å²) in [6, 6.07) is 14.9. The van der Waals surface area contributed by atoms with E-state index in [2.05, 4.69) is 74.3 Å². The number of thiophene rings is 1. The highest BCUT2D eigenvalue weighted by atomic mass is 79.9. The molecule has 0 radical (unpaired) electrons. The Morgan fingerprint density at radius 2 is 1.71 bits per heavy atom. The van der Waals surface area contributed by atoms with Crippen LogP contribution in [-0.2, 0) is 6.42 Å². The first-order valence-electron chi connectivity index (χ1n) is 6.52. The van der Waals surface area contributed by atoms with Crippen LogP contribution in [0.25, 0.3) is 10.1 Å². The fraction of sp³-hybridized carbons (Fsp3) is 0.125. The maximum absolute atomic E-state index is 5.81. The highest BCUT2D eigenvalue weighted by molar-refractivity contribution is 9.10. The van der Waals surface area contributed by atoms with Crippen molar-refractivity contribution in [2.75, 3.05) is 6.54 Å². The van der Waals surface area contributed by atoms with E-state index in [9.17, 15) is 0 Å². The van der Waals surface area contributed by atoms with Crippen LogP contribution >= 0.6 is 55.0 Å². The lowest BCUT2D eigenvalue weighted by Gasteiger charge is -2.04. The lowest BCUT2D eigenvalue weighted by atomic mass is 10.1. The molecule has 0 atom stereocenters. The van der Waals surface area contributed by atoms with E-state index >= 15 is 0 Å². The third kappa shape index (κ3) is 3.54. The molecule has 0 bridgehead atoms. The number of hydrogen-bond acceptors (Lipinski definition) is 3. The van der Waals surface area contributed by atoms with Crippen LogP contribution in [0.5, 0.6) is 0 Å². The molecule has 0 amide bonds. The highest BCUT2D eigenvalue weighted by Crippen LogP contribution is 2.42. The van der Waals surface area contributed by atoms with Gasteiger partial charge in [-0.3, -0.25) is 0 Å². The van der Waals surface area contributed by atoms with Gasteiger partial charge in [0.15, 0.2) is 0 Å². The average molecular weight is 443 g/mol. The molecule has 108 valence electrons. The van der Waals surface area contributed by atoms with Crippen LogP contribution in [0.4, 0.5) is 0 Å². The highest BCUT2D eigenvalue weighted by Gasteiger charge is 2.13. The Balaban J connectivity index is 2.04. The quantitative estimate of drug-likeness (QED) is 0.529. The zero-order valence-corrected chi connectivity index (χ0v) is 15.9. The summed E-state index contributed by atoms with van der Waals surface area (Å²) in [6.45, 7) is 0.673. The fourth-order valence-electron chi connectivity index (χ4n) is 2.17. The molecular weight excluding hydrogens is 430 g/mol. The van der Waals surface area contributed by atoms with Gasteiger partial charge in [0, 0.05) is 18.5 Å². The predicted molar refractivity (Wildman–Crippen MR) is 101 cm³/mol. The zero-order chi connectivity index (χ0) is 14.8. The van der Waals surface area contributed by atoms with Gasteiger partial charge in [-0.25, -0.2) is 0 Å². The van der Waals surface area contributed by atoms with Gasteiger partial charge < -0.3 is 5.73 Å². The van der Waals surface area contributed by atoms with Crippen molar-refractivity contribution in [1.29, 1.82) is 0 Å². The number of halogens is 2. The van der Waals surface area contributed by atoms with E-state index in [4.69, 9.17) is 5.73 Å². The summed E-state index contributed by atoms with van der Waals surface area (Å²) in [5, 5.41) is 1.32. The molecule has 3 rings (SSSR count). The fourth-order valence-corrected chi connectivity index (χ4v) is 5.31. The van der Waals surface area contributed by atoms with Gasteiger partial charge in [0.05, 0.1) is 4.21 Å². The number of rotatable bonds is 4. The molecular formula is C16H13Br2NS2. The Hall–Kier alpha value is -0.330. The Kier molecular flexibility index (Phi) is 5.07. The van der Waals surface area contributed by atoms with Gasteiger partial charge >= 0.3 is 0 Å². The third-order valence-electron chi connectivity index (χ3n) is 3.13. The van der Waals surface area contributed by atoms with Gasteiger partial charge in [0.1, 0.15) is 0 Å². The molecule has 1 nitrogen and oxygen atoms in total. The van der Waals surface area contributed by atoms with E-state index in [0.717, 1.165) is 15.4 Å². The molecule has 0 fully saturated rings. The molecule has 0 unspecified atom stereocenters. The summed E-state index contributed by atoms with van der Waals surface area (Å²) in [7, 11) is 0. The van der Waals surface area contributed by atoms with Crippen LogP contribution in [0.2, 0.25) is 0 Å². The Morgan fingerprint density at radius 1 is 1.00 bits per heavy atom. The van der Waals surface area contributed by atoms with Gasteiger partial charge in [-0.05, 0) is 66.4 Å². The van der Waals surface area contributed by atoms with Crippen LogP contribution < -0.4 is 5.73 Å². The minimum atomic E-state index is 0.673. The van der Waals surface area contributed by atoms with E-state index in [0.29, 0.717) is 6.54 Å². The van der Waals surface area contributed by atoms with Crippen molar-refractivity contribution in [2.45, 2.75) is 15.5 Å². The van der Waals surface area contributed by atoms with Crippen molar-refractivity contribution in [3.8, 4) is 0 Å². The van der Waals surface area contributed by atoms with Gasteiger partial charge in [0.2, 0.25) is 0 Å². The van der Waals surface area contributed by atoms with E-state index in [1.54, 1.807) is 0 Å². The van der Waals surface area contributed by atoms with Crippen LogP contribution in [0.15, 0.2) is 60.5 Å². The standard InChI is InChI=1S/C16H13Br2NS2/c17-10-1-4-12(5-2-10)20-16-13(7-8-19)14-9-11(18)3-6-15(14)21-16/h1-6,9H,7-8,19H2. The summed E-state index contributed by atoms with van der Waals surface area (Å²) in [5.74, 6) is 0. The maximum Gasteiger partial charge on any atom is 0.0691 e. The molecule has 2 N–H and O–H groups in total. The number of hydrogen-bond donors (Lipinski definition) is 1. The Morgan fingerprint density at radius 3 is 2.43 bits per heavy atom. The summed E-state index contributed by atoms with van der Waals surface area (Å²) in [5.41, 5.74) is 7.18. The van der Waals surface area contributed by atoms with Gasteiger partial charge in [-0.2, -0.15) is 0 Å². The molecule has 0 aliphatic rings. The molecule has 1 heterocycles. The second kappa shape index (κ2) is 6.84. The second-order valence-corrected chi connectivity index (χ2v) is 8.83. The van der Waals surface area contributed by atoms with Gasteiger partial charge in [0.25, 0.3) is 0 Å². The lowest BCUT2D eigenvalue weighted by molar-refractivity contribution is 0.965. The molecule has 0 aliphatic carbocycles. The molecule has 1 aromatic heterocycles. The normalized spacial score (nSPS) is 11.2. The van der Waals surface area contributed by atoms with Crippen LogP contribution in [0, 0.1) is 0 Å². The monoisotopic (exact) mass is 441 g/mol. The van der Waals surface area contributed by atoms with Crippen molar-refractivity contribution in [2.24, 2.45) is 5.73 Å². The molecule has 0 saturated carbocycles. The predicted octanol–water partition coefficient (Wildman–Crippen LogP) is 6.08. The van der Waals surface area contributed by atoms with Gasteiger partial charge in [-0.1, -0.05) is 43.6 Å². The van der Waals surface area contributed by atoms with E-state index in [1.807, 2.05) is 23.1 Å². The van der Waals surface area contributed by atoms with Crippen LogP contribution in [0.1, 0.15) is 5.56 Å². The van der Waals surface area contributed by atoms with E-state index < -0.39 is 0 Å². The Bertz CT molecular complexity index is 766. The molecule has 3 aromatic rings. The first-order valence-corrected chi connectivity index (χ1v) is 9.73. The molecule has 5 heteroatoms. The molecule has 2 aromatic carbocycles. The molecule has 0 aliphatic heterocycles. The van der Waals surface area contributed by atoms with Gasteiger partial charge in [-0.15, -0.1) is 11.3 Å². The number of benzene rings is 2. The topological polar surface area (TPSA) is 26.0 Å². The van der Waals surface area contributed by atoms with Crippen molar-refractivity contribution >= 4 is 65.0 Å². The Labute approximate surface area is 149 Å². The van der Waals surface area contributed by atoms with Crippen molar-refractivity contribution in [3.05, 3.63) is 57.0 Å². The maximum atomic E-state index is 5.81. The minimum Gasteiger partial charge on any atom is -0.330 e. The lowest BCUT2D eigenvalue weighted by Crippen LogP contribution is -2.02. The van der Waals surface area contributed by atoms with Crippen molar-refractivity contribution in [3.63, 3.8) is 0 Å². The van der Waals surface area contributed by atoms with Crippen LogP contribution in [-0.4, -0.2) is 6.54 Å². The SMILES string of the molecule is NCCc1c(Sc2ccc(Br)cc2)sc2ccc(Br)cc12. The smallest absolute Gasteiger partial charge is 0.0691 e. The average Bonchev–Trinajstić information content (AvgIpc) is 2.79. The molecule has 21 heavy (non-hydrogen) atoms. The summed E-state index contributed by atoms with van der Waals surface area (Å²) in [4.78, 5) is 1.25. The minimum absolute atomic E-state index is 0.673.